The molecule has 138 valence electrons. The van der Waals surface area contributed by atoms with Crippen molar-refractivity contribution >= 4 is 27.4 Å². The monoisotopic (exact) mass is 380 g/mol. The number of thiophene rings is 1. The maximum absolute atomic E-state index is 5.26. The van der Waals surface area contributed by atoms with E-state index in [1.165, 1.54) is 0 Å². The molecule has 3 aromatic heterocycles. The van der Waals surface area contributed by atoms with Crippen LogP contribution in [0.2, 0.25) is 0 Å². The number of aryl methyl sites for hydroxylation is 1. The fraction of sp³-hybridized carbons (Fsp3) is 0.263. The molecule has 1 aromatic carbocycles. The predicted octanol–water partition coefficient (Wildman–Crippen LogP) is 3.63. The molecule has 4 aromatic rings. The van der Waals surface area contributed by atoms with Gasteiger partial charge in [-0.2, -0.15) is 0 Å². The molecule has 8 heteroatoms. The van der Waals surface area contributed by atoms with Crippen LogP contribution in [0.25, 0.3) is 21.3 Å². The van der Waals surface area contributed by atoms with E-state index in [9.17, 15) is 0 Å². The summed E-state index contributed by atoms with van der Waals surface area (Å²) in [5.74, 6) is 2.65. The molecule has 0 bridgehead atoms. The van der Waals surface area contributed by atoms with E-state index in [-0.39, 0.29) is 0 Å². The van der Waals surface area contributed by atoms with Crippen LogP contribution in [0.4, 0.5) is 5.82 Å². The molecule has 0 radical (unpaired) electrons. The lowest BCUT2D eigenvalue weighted by atomic mass is 10.1. The van der Waals surface area contributed by atoms with Gasteiger partial charge >= 0.3 is 0 Å². The molecule has 3 heterocycles. The summed E-state index contributed by atoms with van der Waals surface area (Å²) < 4.78 is 7.30. The number of hydrogen-bond donors (Lipinski definition) is 1. The molecule has 0 aliphatic rings. The number of ether oxygens (including phenoxy) is 1. The predicted molar refractivity (Wildman–Crippen MR) is 107 cm³/mol. The van der Waals surface area contributed by atoms with Crippen molar-refractivity contribution in [2.24, 2.45) is 0 Å². The summed E-state index contributed by atoms with van der Waals surface area (Å²) in [5, 5.41) is 14.8. The van der Waals surface area contributed by atoms with Crippen molar-refractivity contribution in [3.63, 3.8) is 0 Å². The first-order valence-corrected chi connectivity index (χ1v) is 9.65. The highest BCUT2D eigenvalue weighted by Gasteiger charge is 2.13. The van der Waals surface area contributed by atoms with Crippen LogP contribution in [0.1, 0.15) is 12.7 Å². The van der Waals surface area contributed by atoms with Crippen LogP contribution in [0.15, 0.2) is 42.3 Å². The van der Waals surface area contributed by atoms with E-state index >= 15 is 0 Å². The first kappa shape index (κ1) is 17.4. The number of nitrogens with one attached hydrogen (secondary N) is 1. The Bertz CT molecular complexity index is 1040. The van der Waals surface area contributed by atoms with E-state index in [0.29, 0.717) is 0 Å². The number of aromatic nitrogens is 5. The minimum absolute atomic E-state index is 0.725. The molecule has 0 fully saturated rings. The molecule has 0 aliphatic carbocycles. The quantitative estimate of drug-likeness (QED) is 0.527. The molecule has 0 atom stereocenters. The molecule has 1 N–H and O–H groups in total. The van der Waals surface area contributed by atoms with Crippen LogP contribution >= 0.6 is 11.3 Å². The number of anilines is 1. The third kappa shape index (κ3) is 3.48. The van der Waals surface area contributed by atoms with Gasteiger partial charge in [-0.3, -0.25) is 0 Å². The first-order chi connectivity index (χ1) is 13.3. The Morgan fingerprint density at radius 2 is 2.04 bits per heavy atom. The van der Waals surface area contributed by atoms with Crippen molar-refractivity contribution in [2.45, 2.75) is 19.9 Å². The van der Waals surface area contributed by atoms with Gasteiger partial charge in [0.1, 0.15) is 34.9 Å². The van der Waals surface area contributed by atoms with Crippen LogP contribution in [-0.2, 0) is 13.0 Å². The smallest absolute Gasteiger partial charge is 0.138 e. The maximum atomic E-state index is 5.26. The highest BCUT2D eigenvalue weighted by atomic mass is 32.1. The van der Waals surface area contributed by atoms with Crippen LogP contribution in [0.3, 0.4) is 0 Å². The van der Waals surface area contributed by atoms with E-state index < -0.39 is 0 Å². The number of hydrogen-bond acceptors (Lipinski definition) is 7. The van der Waals surface area contributed by atoms with Gasteiger partial charge in [0.25, 0.3) is 0 Å². The van der Waals surface area contributed by atoms with Gasteiger partial charge < -0.3 is 14.6 Å². The lowest BCUT2D eigenvalue weighted by Crippen LogP contribution is -2.11. The van der Waals surface area contributed by atoms with Crippen molar-refractivity contribution < 1.29 is 4.74 Å². The number of nitrogens with zero attached hydrogens (tertiary/aromatic N) is 5. The number of fused-ring (bicyclic) bond motifs is 1. The first-order valence-electron chi connectivity index (χ1n) is 8.77. The molecule has 0 unspecified atom stereocenters. The number of methoxy groups -OCH3 is 1. The van der Waals surface area contributed by atoms with Crippen LogP contribution in [0, 0.1) is 0 Å². The Hall–Kier alpha value is -3.00. The minimum Gasteiger partial charge on any atom is -0.497 e. The van der Waals surface area contributed by atoms with Crippen LogP contribution in [0.5, 0.6) is 5.75 Å². The van der Waals surface area contributed by atoms with Crippen molar-refractivity contribution in [1.82, 2.24) is 24.7 Å². The van der Waals surface area contributed by atoms with E-state index in [1.54, 1.807) is 31.1 Å². The van der Waals surface area contributed by atoms with Crippen LogP contribution < -0.4 is 10.1 Å². The van der Waals surface area contributed by atoms with E-state index in [2.05, 4.69) is 49.9 Å². The molecule has 4 rings (SSSR count). The zero-order chi connectivity index (χ0) is 18.6. The largest absolute Gasteiger partial charge is 0.497 e. The van der Waals surface area contributed by atoms with Crippen LogP contribution in [-0.4, -0.2) is 38.4 Å². The molecule has 0 spiro atoms. The van der Waals surface area contributed by atoms with Gasteiger partial charge in [0, 0.05) is 30.5 Å². The summed E-state index contributed by atoms with van der Waals surface area (Å²) in [6, 6.07) is 8.04. The second kappa shape index (κ2) is 7.71. The van der Waals surface area contributed by atoms with Crippen molar-refractivity contribution in [3.05, 3.63) is 48.1 Å². The summed E-state index contributed by atoms with van der Waals surface area (Å²) in [5.41, 5.74) is 2.24. The third-order valence-corrected chi connectivity index (χ3v) is 5.34. The average Bonchev–Trinajstić information content (AvgIpc) is 3.35. The van der Waals surface area contributed by atoms with Gasteiger partial charge in [-0.1, -0.05) is 12.1 Å². The molecular weight excluding hydrogens is 360 g/mol. The summed E-state index contributed by atoms with van der Waals surface area (Å²) in [6.45, 7) is 3.68. The second-order valence-corrected chi connectivity index (χ2v) is 6.85. The van der Waals surface area contributed by atoms with Crippen molar-refractivity contribution in [1.29, 1.82) is 0 Å². The van der Waals surface area contributed by atoms with Gasteiger partial charge in [-0.25, -0.2) is 9.97 Å². The Morgan fingerprint density at radius 3 is 2.81 bits per heavy atom. The Kier molecular flexibility index (Phi) is 4.97. The number of benzene rings is 1. The van der Waals surface area contributed by atoms with Gasteiger partial charge in [0.15, 0.2) is 0 Å². The fourth-order valence-electron chi connectivity index (χ4n) is 3.02. The zero-order valence-electron chi connectivity index (χ0n) is 15.2. The minimum atomic E-state index is 0.725. The lowest BCUT2D eigenvalue weighted by Gasteiger charge is -2.09. The normalized spacial score (nSPS) is 11.0. The van der Waals surface area contributed by atoms with Gasteiger partial charge in [-0.05, 0) is 24.6 Å². The summed E-state index contributed by atoms with van der Waals surface area (Å²) >= 11 is 1.62. The molecule has 7 nitrogen and oxygen atoms in total. The van der Waals surface area contributed by atoms with E-state index in [0.717, 1.165) is 58.2 Å². The third-order valence-electron chi connectivity index (χ3n) is 4.45. The highest BCUT2D eigenvalue weighted by molar-refractivity contribution is 7.17. The second-order valence-electron chi connectivity index (χ2n) is 5.99. The van der Waals surface area contributed by atoms with Gasteiger partial charge in [-0.15, -0.1) is 21.5 Å². The van der Waals surface area contributed by atoms with E-state index in [1.807, 2.05) is 16.7 Å². The highest BCUT2D eigenvalue weighted by Crippen LogP contribution is 2.36. The molecule has 0 saturated heterocycles. The molecule has 0 aliphatic heterocycles. The molecule has 0 amide bonds. The SMILES string of the molecule is CCn1cnnc1CCNc1ncnc2scc(-c3ccc(OC)cc3)c12. The molecular formula is C19H20N6OS. The Labute approximate surface area is 161 Å². The lowest BCUT2D eigenvalue weighted by molar-refractivity contribution is 0.415. The maximum Gasteiger partial charge on any atom is 0.138 e. The topological polar surface area (TPSA) is 77.8 Å². The Morgan fingerprint density at radius 1 is 1.19 bits per heavy atom. The summed E-state index contributed by atoms with van der Waals surface area (Å²) in [4.78, 5) is 9.87. The fourth-order valence-corrected chi connectivity index (χ4v) is 3.94. The van der Waals surface area contributed by atoms with Crippen molar-refractivity contribution in [3.8, 4) is 16.9 Å². The Balaban J connectivity index is 1.60. The summed E-state index contributed by atoms with van der Waals surface area (Å²) in [6.07, 6.45) is 4.15. The van der Waals surface area contributed by atoms with Gasteiger partial charge in [0.05, 0.1) is 12.5 Å². The zero-order valence-corrected chi connectivity index (χ0v) is 16.0. The average molecular weight is 380 g/mol. The summed E-state index contributed by atoms with van der Waals surface area (Å²) in [7, 11) is 1.67. The van der Waals surface area contributed by atoms with Crippen molar-refractivity contribution in [2.75, 3.05) is 19.0 Å². The van der Waals surface area contributed by atoms with Gasteiger partial charge in [0.2, 0.25) is 0 Å². The number of rotatable bonds is 7. The standard InChI is InChI=1S/C19H20N6OS/c1-3-25-12-23-24-16(25)8-9-20-18-17-15(10-27-19(17)22-11-21-18)13-4-6-14(26-2)7-5-13/h4-7,10-12H,3,8-9H2,1-2H3,(H,20,21,22). The molecule has 0 saturated carbocycles. The van der Waals surface area contributed by atoms with E-state index in [4.69, 9.17) is 4.74 Å². The molecule has 27 heavy (non-hydrogen) atoms.